The summed E-state index contributed by atoms with van der Waals surface area (Å²) in [5.41, 5.74) is 8.30. The Balaban J connectivity index is 2.81. The molecule has 0 aromatic heterocycles. The summed E-state index contributed by atoms with van der Waals surface area (Å²) in [6, 6.07) is 6.98. The third kappa shape index (κ3) is 4.90. The molecule has 0 saturated heterocycles. The van der Waals surface area contributed by atoms with Crippen LogP contribution in [0.5, 0.6) is 0 Å². The molecule has 0 bridgehead atoms. The van der Waals surface area contributed by atoms with Gasteiger partial charge in [0.25, 0.3) is 0 Å². The zero-order valence-electron chi connectivity index (χ0n) is 12.3. The fraction of sp³-hybridized carbons (Fsp3) is 0.600. The Kier molecular flexibility index (Phi) is 7.05. The molecule has 108 valence electrons. The Hall–Kier alpha value is -0.380. The maximum absolute atomic E-state index is 6.37. The molecule has 2 N–H and O–H groups in total. The summed E-state index contributed by atoms with van der Waals surface area (Å²) < 4.78 is 0. The van der Waals surface area contributed by atoms with Crippen LogP contribution in [0.1, 0.15) is 25.8 Å². The predicted molar refractivity (Wildman–Crippen MR) is 89.7 cm³/mol. The van der Waals surface area contributed by atoms with Gasteiger partial charge in [0.1, 0.15) is 0 Å². The lowest BCUT2D eigenvalue weighted by molar-refractivity contribution is 0.646. The van der Waals surface area contributed by atoms with Gasteiger partial charge in [-0.15, -0.1) is 0 Å². The molecule has 0 aliphatic rings. The van der Waals surface area contributed by atoms with Crippen LogP contribution in [0.25, 0.3) is 0 Å². The lowest BCUT2D eigenvalue weighted by atomic mass is 10.0. The normalized spacial score (nSPS) is 14.2. The Morgan fingerprint density at radius 3 is 2.63 bits per heavy atom. The van der Waals surface area contributed by atoms with Crippen molar-refractivity contribution in [2.45, 2.75) is 38.8 Å². The van der Waals surface area contributed by atoms with Gasteiger partial charge in [-0.05, 0) is 43.7 Å². The summed E-state index contributed by atoms with van der Waals surface area (Å²) in [6.45, 7) is 4.33. The van der Waals surface area contributed by atoms with Crippen molar-refractivity contribution in [2.75, 3.05) is 24.0 Å². The first-order valence-electron chi connectivity index (χ1n) is 6.75. The van der Waals surface area contributed by atoms with Gasteiger partial charge in [-0.3, -0.25) is 0 Å². The van der Waals surface area contributed by atoms with Crippen LogP contribution in [-0.2, 0) is 6.42 Å². The molecule has 2 unspecified atom stereocenters. The van der Waals surface area contributed by atoms with Crippen molar-refractivity contribution < 1.29 is 0 Å². The second kappa shape index (κ2) is 8.03. The highest BCUT2D eigenvalue weighted by Gasteiger charge is 2.12. The maximum atomic E-state index is 6.37. The van der Waals surface area contributed by atoms with E-state index < -0.39 is 0 Å². The van der Waals surface area contributed by atoms with Gasteiger partial charge in [-0.1, -0.05) is 24.6 Å². The highest BCUT2D eigenvalue weighted by atomic mass is 35.5. The Bertz CT molecular complexity index is 398. The molecule has 0 radical (unpaired) electrons. The van der Waals surface area contributed by atoms with E-state index in [1.165, 1.54) is 5.69 Å². The number of hydrogen-bond donors (Lipinski definition) is 1. The molecule has 0 amide bonds. The SMILES string of the molecule is CCC(N)Cc1ccc(N(C)C(C)CSC)cc1Cl. The van der Waals surface area contributed by atoms with Crippen LogP contribution in [-0.4, -0.2) is 31.1 Å². The molecular formula is C15H25ClN2S. The largest absolute Gasteiger partial charge is 0.371 e. The lowest BCUT2D eigenvalue weighted by Gasteiger charge is -2.27. The van der Waals surface area contributed by atoms with Crippen molar-refractivity contribution in [3.8, 4) is 0 Å². The highest BCUT2D eigenvalue weighted by molar-refractivity contribution is 7.98. The Morgan fingerprint density at radius 1 is 1.42 bits per heavy atom. The van der Waals surface area contributed by atoms with E-state index in [0.29, 0.717) is 6.04 Å². The topological polar surface area (TPSA) is 29.3 Å². The first kappa shape index (κ1) is 16.7. The number of thioether (sulfide) groups is 1. The third-order valence-electron chi connectivity index (χ3n) is 3.52. The minimum Gasteiger partial charge on any atom is -0.371 e. The van der Waals surface area contributed by atoms with Gasteiger partial charge in [0.05, 0.1) is 0 Å². The molecule has 0 fully saturated rings. The quantitative estimate of drug-likeness (QED) is 0.830. The van der Waals surface area contributed by atoms with Crippen LogP contribution in [0.2, 0.25) is 5.02 Å². The second-order valence-corrected chi connectivity index (χ2v) is 6.38. The number of nitrogens with two attached hydrogens (primary N) is 1. The van der Waals surface area contributed by atoms with E-state index in [0.717, 1.165) is 29.2 Å². The van der Waals surface area contributed by atoms with Crippen molar-refractivity contribution in [1.82, 2.24) is 0 Å². The molecule has 4 heteroatoms. The van der Waals surface area contributed by atoms with Crippen LogP contribution in [0.15, 0.2) is 18.2 Å². The summed E-state index contributed by atoms with van der Waals surface area (Å²) in [6.07, 6.45) is 3.95. The summed E-state index contributed by atoms with van der Waals surface area (Å²) in [7, 11) is 2.12. The van der Waals surface area contributed by atoms with E-state index in [9.17, 15) is 0 Å². The molecule has 2 atom stereocenters. The van der Waals surface area contributed by atoms with Gasteiger partial charge in [-0.2, -0.15) is 11.8 Å². The first-order valence-corrected chi connectivity index (χ1v) is 8.52. The molecule has 2 nitrogen and oxygen atoms in total. The average Bonchev–Trinajstić information content (AvgIpc) is 2.40. The van der Waals surface area contributed by atoms with Crippen molar-refractivity contribution in [3.63, 3.8) is 0 Å². The summed E-state index contributed by atoms with van der Waals surface area (Å²) in [5, 5.41) is 0.824. The number of rotatable bonds is 7. The van der Waals surface area contributed by atoms with Crippen LogP contribution < -0.4 is 10.6 Å². The zero-order chi connectivity index (χ0) is 14.4. The molecule has 1 aromatic rings. The van der Waals surface area contributed by atoms with E-state index in [2.05, 4.69) is 50.2 Å². The van der Waals surface area contributed by atoms with E-state index in [1.54, 1.807) is 0 Å². The molecule has 1 rings (SSSR count). The molecule has 0 heterocycles. The van der Waals surface area contributed by atoms with Gasteiger partial charge in [0, 0.05) is 35.6 Å². The van der Waals surface area contributed by atoms with E-state index in [1.807, 2.05) is 11.8 Å². The van der Waals surface area contributed by atoms with Crippen LogP contribution in [0.3, 0.4) is 0 Å². The summed E-state index contributed by atoms with van der Waals surface area (Å²) >= 11 is 8.23. The standard InChI is InChI=1S/C15H25ClN2S/c1-5-13(17)8-12-6-7-14(9-15(12)16)18(3)11(2)10-19-4/h6-7,9,11,13H,5,8,10,17H2,1-4H3. The molecule has 1 aromatic carbocycles. The van der Waals surface area contributed by atoms with Gasteiger partial charge in [0.15, 0.2) is 0 Å². The van der Waals surface area contributed by atoms with Crippen LogP contribution in [0, 0.1) is 0 Å². The van der Waals surface area contributed by atoms with E-state index in [4.69, 9.17) is 17.3 Å². The zero-order valence-corrected chi connectivity index (χ0v) is 13.9. The number of hydrogen-bond acceptors (Lipinski definition) is 3. The summed E-state index contributed by atoms with van der Waals surface area (Å²) in [5.74, 6) is 1.11. The van der Waals surface area contributed by atoms with Crippen LogP contribution in [0.4, 0.5) is 5.69 Å². The minimum atomic E-state index is 0.191. The van der Waals surface area contributed by atoms with Gasteiger partial charge in [0.2, 0.25) is 0 Å². The van der Waals surface area contributed by atoms with Gasteiger partial charge in [-0.25, -0.2) is 0 Å². The highest BCUT2D eigenvalue weighted by Crippen LogP contribution is 2.25. The second-order valence-electron chi connectivity index (χ2n) is 5.06. The van der Waals surface area contributed by atoms with Crippen molar-refractivity contribution >= 4 is 29.1 Å². The number of anilines is 1. The van der Waals surface area contributed by atoms with Gasteiger partial charge >= 0.3 is 0 Å². The first-order chi connectivity index (χ1) is 8.99. The molecule has 0 spiro atoms. The molecule has 19 heavy (non-hydrogen) atoms. The number of nitrogens with zero attached hydrogens (tertiary/aromatic N) is 1. The van der Waals surface area contributed by atoms with Crippen molar-refractivity contribution in [2.24, 2.45) is 5.73 Å². The average molecular weight is 301 g/mol. The molecule has 0 aliphatic carbocycles. The lowest BCUT2D eigenvalue weighted by Crippen LogP contribution is -2.30. The number of benzene rings is 1. The van der Waals surface area contributed by atoms with Crippen molar-refractivity contribution in [1.29, 1.82) is 0 Å². The fourth-order valence-corrected chi connectivity index (χ4v) is 2.91. The smallest absolute Gasteiger partial charge is 0.0459 e. The Labute approximate surface area is 126 Å². The number of halogens is 1. The monoisotopic (exact) mass is 300 g/mol. The van der Waals surface area contributed by atoms with Crippen molar-refractivity contribution in [3.05, 3.63) is 28.8 Å². The summed E-state index contributed by atoms with van der Waals surface area (Å²) in [4.78, 5) is 2.27. The predicted octanol–water partition coefficient (Wildman–Crippen LogP) is 3.81. The molecule has 0 aliphatic heterocycles. The third-order valence-corrected chi connectivity index (χ3v) is 4.69. The molecule has 0 saturated carbocycles. The van der Waals surface area contributed by atoms with E-state index in [-0.39, 0.29) is 6.04 Å². The van der Waals surface area contributed by atoms with E-state index >= 15 is 0 Å². The van der Waals surface area contributed by atoms with Crippen LogP contribution >= 0.6 is 23.4 Å². The fourth-order valence-electron chi connectivity index (χ4n) is 1.96. The minimum absolute atomic E-state index is 0.191. The molecular weight excluding hydrogens is 276 g/mol. The Morgan fingerprint density at radius 2 is 2.11 bits per heavy atom. The van der Waals surface area contributed by atoms with Gasteiger partial charge < -0.3 is 10.6 Å². The maximum Gasteiger partial charge on any atom is 0.0459 e.